The van der Waals surface area contributed by atoms with Crippen LogP contribution in [-0.4, -0.2) is 36.4 Å². The van der Waals surface area contributed by atoms with Crippen molar-refractivity contribution in [1.82, 2.24) is 5.32 Å². The van der Waals surface area contributed by atoms with Crippen molar-refractivity contribution in [3.8, 4) is 0 Å². The molecule has 4 nitrogen and oxygen atoms in total. The molecule has 2 aliphatic rings. The third-order valence-corrected chi connectivity index (χ3v) is 3.72. The Balaban J connectivity index is 1.71. The second kappa shape index (κ2) is 5.15. The highest BCUT2D eigenvalue weighted by Gasteiger charge is 2.31. The lowest BCUT2D eigenvalue weighted by Crippen LogP contribution is -2.39. The maximum atomic E-state index is 11.8. The van der Waals surface area contributed by atoms with Gasteiger partial charge in [0.1, 0.15) is 6.10 Å². The molecule has 1 heterocycles. The third-order valence-electron chi connectivity index (χ3n) is 3.72. The molecule has 0 aromatic carbocycles. The zero-order valence-electron chi connectivity index (χ0n) is 9.82. The lowest BCUT2D eigenvalue weighted by Gasteiger charge is -2.16. The first-order valence-electron chi connectivity index (χ1n) is 6.24. The predicted octanol–water partition coefficient (Wildman–Crippen LogP) is 0.689. The molecule has 0 radical (unpaired) electrons. The summed E-state index contributed by atoms with van der Waals surface area (Å²) in [6.45, 7) is 3.43. The first kappa shape index (κ1) is 11.9. The zero-order valence-corrected chi connectivity index (χ0v) is 9.82. The molecule has 2 fully saturated rings. The van der Waals surface area contributed by atoms with Crippen LogP contribution in [0.2, 0.25) is 0 Å². The van der Waals surface area contributed by atoms with Crippen molar-refractivity contribution >= 4 is 5.91 Å². The SMILES string of the molecule is CC1CCOC1C(=O)NCC1CCC(O)C1. The molecule has 1 saturated carbocycles. The average molecular weight is 227 g/mol. The van der Waals surface area contributed by atoms with Gasteiger partial charge in [-0.3, -0.25) is 4.79 Å². The van der Waals surface area contributed by atoms with E-state index in [1.165, 1.54) is 0 Å². The van der Waals surface area contributed by atoms with Crippen LogP contribution in [0.3, 0.4) is 0 Å². The van der Waals surface area contributed by atoms with Crippen molar-refractivity contribution in [3.63, 3.8) is 0 Å². The van der Waals surface area contributed by atoms with Crippen molar-refractivity contribution < 1.29 is 14.6 Å². The molecule has 1 amide bonds. The summed E-state index contributed by atoms with van der Waals surface area (Å²) in [7, 11) is 0. The molecule has 1 saturated heterocycles. The molecule has 0 bridgehead atoms. The van der Waals surface area contributed by atoms with Gasteiger partial charge in [0.15, 0.2) is 0 Å². The van der Waals surface area contributed by atoms with E-state index < -0.39 is 0 Å². The van der Waals surface area contributed by atoms with Gasteiger partial charge >= 0.3 is 0 Å². The lowest BCUT2D eigenvalue weighted by atomic mass is 10.0. The summed E-state index contributed by atoms with van der Waals surface area (Å²) in [5, 5.41) is 12.3. The third kappa shape index (κ3) is 2.74. The minimum atomic E-state index is -0.258. The summed E-state index contributed by atoms with van der Waals surface area (Å²) in [5.41, 5.74) is 0. The highest BCUT2D eigenvalue weighted by molar-refractivity contribution is 5.81. The van der Waals surface area contributed by atoms with Gasteiger partial charge in [-0.1, -0.05) is 6.92 Å². The molecule has 2 rings (SSSR count). The Labute approximate surface area is 96.4 Å². The van der Waals surface area contributed by atoms with Crippen LogP contribution in [0.15, 0.2) is 0 Å². The fourth-order valence-corrected chi connectivity index (χ4v) is 2.61. The molecule has 16 heavy (non-hydrogen) atoms. The number of hydrogen-bond acceptors (Lipinski definition) is 3. The van der Waals surface area contributed by atoms with Crippen LogP contribution in [0.5, 0.6) is 0 Å². The summed E-state index contributed by atoms with van der Waals surface area (Å²) in [5.74, 6) is 0.788. The largest absolute Gasteiger partial charge is 0.393 e. The second-order valence-electron chi connectivity index (χ2n) is 5.14. The van der Waals surface area contributed by atoms with E-state index in [0.717, 1.165) is 25.7 Å². The Morgan fingerprint density at radius 1 is 1.44 bits per heavy atom. The molecular formula is C12H21NO3. The molecule has 0 aromatic heterocycles. The first-order valence-corrected chi connectivity index (χ1v) is 6.24. The van der Waals surface area contributed by atoms with Crippen molar-refractivity contribution in [2.24, 2.45) is 11.8 Å². The molecule has 92 valence electrons. The van der Waals surface area contributed by atoms with Crippen molar-refractivity contribution in [2.75, 3.05) is 13.2 Å². The van der Waals surface area contributed by atoms with E-state index in [-0.39, 0.29) is 18.1 Å². The van der Waals surface area contributed by atoms with Crippen molar-refractivity contribution in [2.45, 2.75) is 44.8 Å². The number of carbonyl (C=O) groups excluding carboxylic acids is 1. The monoisotopic (exact) mass is 227 g/mol. The summed E-state index contributed by atoms with van der Waals surface area (Å²) in [6, 6.07) is 0. The molecule has 1 aliphatic carbocycles. The highest BCUT2D eigenvalue weighted by Crippen LogP contribution is 2.25. The average Bonchev–Trinajstić information content (AvgIpc) is 2.84. The molecule has 0 aromatic rings. The number of hydrogen-bond donors (Lipinski definition) is 2. The van der Waals surface area contributed by atoms with E-state index >= 15 is 0 Å². The Kier molecular flexibility index (Phi) is 3.82. The van der Waals surface area contributed by atoms with E-state index in [1.54, 1.807) is 0 Å². The fraction of sp³-hybridized carbons (Fsp3) is 0.917. The number of carbonyl (C=O) groups is 1. The molecule has 4 heteroatoms. The van der Waals surface area contributed by atoms with Crippen LogP contribution < -0.4 is 5.32 Å². The van der Waals surface area contributed by atoms with Gasteiger partial charge < -0.3 is 15.2 Å². The van der Waals surface area contributed by atoms with Gasteiger partial charge in [0, 0.05) is 13.2 Å². The van der Waals surface area contributed by atoms with Gasteiger partial charge in [-0.15, -0.1) is 0 Å². The molecule has 4 unspecified atom stereocenters. The van der Waals surface area contributed by atoms with Gasteiger partial charge in [0.05, 0.1) is 6.10 Å². The van der Waals surface area contributed by atoms with Gasteiger partial charge in [0.2, 0.25) is 5.91 Å². The smallest absolute Gasteiger partial charge is 0.249 e. The summed E-state index contributed by atoms with van der Waals surface area (Å²) < 4.78 is 5.40. The number of ether oxygens (including phenoxy) is 1. The number of rotatable bonds is 3. The van der Waals surface area contributed by atoms with Crippen LogP contribution in [0.4, 0.5) is 0 Å². The second-order valence-corrected chi connectivity index (χ2v) is 5.14. The Morgan fingerprint density at radius 2 is 2.25 bits per heavy atom. The fourth-order valence-electron chi connectivity index (χ4n) is 2.61. The van der Waals surface area contributed by atoms with E-state index in [4.69, 9.17) is 4.74 Å². The van der Waals surface area contributed by atoms with E-state index in [2.05, 4.69) is 12.2 Å². The van der Waals surface area contributed by atoms with Gasteiger partial charge in [-0.2, -0.15) is 0 Å². The molecule has 1 aliphatic heterocycles. The number of amides is 1. The number of nitrogens with one attached hydrogen (secondary N) is 1. The maximum absolute atomic E-state index is 11.8. The van der Waals surface area contributed by atoms with Crippen LogP contribution in [0.25, 0.3) is 0 Å². The van der Waals surface area contributed by atoms with Crippen molar-refractivity contribution in [1.29, 1.82) is 0 Å². The summed E-state index contributed by atoms with van der Waals surface area (Å²) in [4.78, 5) is 11.8. The van der Waals surface area contributed by atoms with E-state index in [1.807, 2.05) is 0 Å². The first-order chi connectivity index (χ1) is 7.66. The molecular weight excluding hydrogens is 206 g/mol. The van der Waals surface area contributed by atoms with Crippen LogP contribution in [-0.2, 0) is 9.53 Å². The van der Waals surface area contributed by atoms with Gasteiger partial charge in [0.25, 0.3) is 0 Å². The minimum Gasteiger partial charge on any atom is -0.393 e. The predicted molar refractivity (Wildman–Crippen MR) is 59.9 cm³/mol. The van der Waals surface area contributed by atoms with Gasteiger partial charge in [-0.05, 0) is 37.5 Å². The molecule has 0 spiro atoms. The maximum Gasteiger partial charge on any atom is 0.249 e. The van der Waals surface area contributed by atoms with E-state index in [9.17, 15) is 9.90 Å². The Bertz CT molecular complexity index is 257. The number of aliphatic hydroxyl groups excluding tert-OH is 1. The van der Waals surface area contributed by atoms with Crippen LogP contribution in [0, 0.1) is 11.8 Å². The summed E-state index contributed by atoms with van der Waals surface area (Å²) in [6.07, 6.45) is 3.26. The normalized spacial score (nSPS) is 38.9. The van der Waals surface area contributed by atoms with Crippen LogP contribution >= 0.6 is 0 Å². The molecule has 4 atom stereocenters. The Morgan fingerprint density at radius 3 is 2.81 bits per heavy atom. The lowest BCUT2D eigenvalue weighted by molar-refractivity contribution is -0.131. The topological polar surface area (TPSA) is 58.6 Å². The Hall–Kier alpha value is -0.610. The quantitative estimate of drug-likeness (QED) is 0.745. The van der Waals surface area contributed by atoms with Crippen molar-refractivity contribution in [3.05, 3.63) is 0 Å². The number of aliphatic hydroxyl groups is 1. The highest BCUT2D eigenvalue weighted by atomic mass is 16.5. The van der Waals surface area contributed by atoms with Gasteiger partial charge in [-0.25, -0.2) is 0 Å². The summed E-state index contributed by atoms with van der Waals surface area (Å²) >= 11 is 0. The minimum absolute atomic E-state index is 0.0198. The van der Waals surface area contributed by atoms with Crippen LogP contribution in [0.1, 0.15) is 32.6 Å². The molecule has 2 N–H and O–H groups in total. The standard InChI is InChI=1S/C12H21NO3/c1-8-4-5-16-11(8)12(15)13-7-9-2-3-10(14)6-9/h8-11,14H,2-7H2,1H3,(H,13,15). The zero-order chi connectivity index (χ0) is 11.5. The van der Waals surface area contributed by atoms with E-state index in [0.29, 0.717) is 25.0 Å².